The Labute approximate surface area is 174 Å². The van der Waals surface area contributed by atoms with Crippen LogP contribution < -0.4 is 14.8 Å². The van der Waals surface area contributed by atoms with Gasteiger partial charge in [-0.05, 0) is 62.4 Å². The minimum atomic E-state index is -1.00. The fourth-order valence-corrected chi connectivity index (χ4v) is 2.55. The van der Waals surface area contributed by atoms with Gasteiger partial charge in [0.05, 0.1) is 6.61 Å². The van der Waals surface area contributed by atoms with Crippen LogP contribution in [0.25, 0.3) is 0 Å². The minimum absolute atomic E-state index is 0.00220. The first-order valence-corrected chi connectivity index (χ1v) is 9.56. The zero-order chi connectivity index (χ0) is 21.3. The highest BCUT2D eigenvalue weighted by molar-refractivity contribution is 5.96. The summed E-state index contributed by atoms with van der Waals surface area (Å²) in [6.07, 6.45) is -1.00. The van der Waals surface area contributed by atoms with Crippen LogP contribution >= 0.6 is 0 Å². The Bertz CT molecular complexity index is 965. The van der Waals surface area contributed by atoms with E-state index in [0.29, 0.717) is 29.6 Å². The van der Waals surface area contributed by atoms with Crippen molar-refractivity contribution >= 4 is 17.6 Å². The molecular weight excluding hydrogens is 386 g/mol. The summed E-state index contributed by atoms with van der Waals surface area (Å²) in [4.78, 5) is 24.5. The van der Waals surface area contributed by atoms with E-state index in [2.05, 4.69) is 5.32 Å². The third-order valence-electron chi connectivity index (χ3n) is 4.07. The number of carbonyl (C=O) groups is 2. The Kier molecular flexibility index (Phi) is 7.10. The highest BCUT2D eigenvalue weighted by Crippen LogP contribution is 2.17. The van der Waals surface area contributed by atoms with Gasteiger partial charge in [-0.1, -0.05) is 18.2 Å². The summed E-state index contributed by atoms with van der Waals surface area (Å²) in [5.41, 5.74) is 0.574. The zero-order valence-corrected chi connectivity index (χ0v) is 16.8. The smallest absolute Gasteiger partial charge is 0.375 e. The molecule has 0 fully saturated rings. The van der Waals surface area contributed by atoms with Crippen LogP contribution in [0.1, 0.15) is 30.2 Å². The molecule has 1 atom stereocenters. The molecular formula is C23H23NO6. The summed E-state index contributed by atoms with van der Waals surface area (Å²) >= 11 is 0. The van der Waals surface area contributed by atoms with Crippen molar-refractivity contribution in [3.8, 4) is 11.5 Å². The van der Waals surface area contributed by atoms with E-state index in [4.69, 9.17) is 18.6 Å². The second-order valence-electron chi connectivity index (χ2n) is 6.36. The van der Waals surface area contributed by atoms with Gasteiger partial charge < -0.3 is 23.9 Å². The fraction of sp³-hybridized carbons (Fsp3) is 0.217. The van der Waals surface area contributed by atoms with Crippen LogP contribution in [0, 0.1) is 0 Å². The Morgan fingerprint density at radius 2 is 1.63 bits per heavy atom. The topological polar surface area (TPSA) is 87.0 Å². The van der Waals surface area contributed by atoms with Crippen molar-refractivity contribution in [2.24, 2.45) is 0 Å². The normalized spacial score (nSPS) is 11.4. The molecule has 1 N–H and O–H groups in total. The van der Waals surface area contributed by atoms with Crippen LogP contribution in [0.4, 0.5) is 5.69 Å². The van der Waals surface area contributed by atoms with E-state index >= 15 is 0 Å². The molecule has 0 aliphatic carbocycles. The standard InChI is InChI=1S/C23H23NO6/c1-3-27-19-11-9-17(10-12-19)24-22(25)16(2)29-23(26)21-14-13-20(30-21)15-28-18-7-5-4-6-8-18/h4-14,16H,3,15H2,1-2H3,(H,24,25)/t16-/m1/s1. The Balaban J connectivity index is 1.49. The molecule has 3 aromatic rings. The molecule has 3 rings (SSSR count). The number of nitrogens with one attached hydrogen (secondary N) is 1. The average molecular weight is 409 g/mol. The van der Waals surface area contributed by atoms with E-state index in [-0.39, 0.29) is 12.4 Å². The molecule has 0 unspecified atom stereocenters. The number of esters is 1. The predicted molar refractivity (Wildman–Crippen MR) is 111 cm³/mol. The molecule has 1 amide bonds. The molecule has 0 spiro atoms. The van der Waals surface area contributed by atoms with E-state index in [1.54, 1.807) is 30.3 Å². The molecule has 2 aromatic carbocycles. The van der Waals surface area contributed by atoms with Crippen molar-refractivity contribution < 1.29 is 28.2 Å². The molecule has 0 aliphatic heterocycles. The van der Waals surface area contributed by atoms with E-state index < -0.39 is 18.0 Å². The van der Waals surface area contributed by atoms with Gasteiger partial charge in [0, 0.05) is 5.69 Å². The van der Waals surface area contributed by atoms with Crippen molar-refractivity contribution in [2.45, 2.75) is 26.6 Å². The number of benzene rings is 2. The molecule has 156 valence electrons. The number of carbonyl (C=O) groups excluding carboxylic acids is 2. The van der Waals surface area contributed by atoms with E-state index in [9.17, 15) is 9.59 Å². The number of hydrogen-bond donors (Lipinski definition) is 1. The van der Waals surface area contributed by atoms with Crippen LogP contribution in [0.5, 0.6) is 11.5 Å². The molecule has 1 heterocycles. The quantitative estimate of drug-likeness (QED) is 0.526. The lowest BCUT2D eigenvalue weighted by Crippen LogP contribution is -2.29. The first kappa shape index (κ1) is 21.0. The van der Waals surface area contributed by atoms with Crippen molar-refractivity contribution in [3.63, 3.8) is 0 Å². The van der Waals surface area contributed by atoms with Gasteiger partial charge in [0.2, 0.25) is 5.76 Å². The maximum atomic E-state index is 12.3. The molecule has 0 aliphatic rings. The van der Waals surface area contributed by atoms with E-state index in [1.165, 1.54) is 13.0 Å². The number of ether oxygens (including phenoxy) is 3. The number of hydrogen-bond acceptors (Lipinski definition) is 6. The third kappa shape index (κ3) is 5.88. The Morgan fingerprint density at radius 3 is 2.33 bits per heavy atom. The number of anilines is 1. The van der Waals surface area contributed by atoms with Crippen molar-refractivity contribution in [2.75, 3.05) is 11.9 Å². The number of rotatable bonds is 9. The van der Waals surface area contributed by atoms with Crippen LogP contribution in [0.2, 0.25) is 0 Å². The van der Waals surface area contributed by atoms with Gasteiger partial charge in [0.15, 0.2) is 6.10 Å². The van der Waals surface area contributed by atoms with Crippen molar-refractivity contribution in [3.05, 3.63) is 78.3 Å². The Morgan fingerprint density at radius 1 is 0.933 bits per heavy atom. The predicted octanol–water partition coefficient (Wildman–Crippen LogP) is 4.44. The third-order valence-corrected chi connectivity index (χ3v) is 4.07. The average Bonchev–Trinajstić information content (AvgIpc) is 3.24. The summed E-state index contributed by atoms with van der Waals surface area (Å²) in [5, 5.41) is 2.69. The summed E-state index contributed by atoms with van der Waals surface area (Å²) in [7, 11) is 0. The van der Waals surface area contributed by atoms with E-state index in [0.717, 1.165) is 0 Å². The van der Waals surface area contributed by atoms with Gasteiger partial charge in [-0.2, -0.15) is 0 Å². The van der Waals surface area contributed by atoms with Gasteiger partial charge in [0.25, 0.3) is 5.91 Å². The van der Waals surface area contributed by atoms with Crippen molar-refractivity contribution in [1.29, 1.82) is 0 Å². The summed E-state index contributed by atoms with van der Waals surface area (Å²) in [5.74, 6) is 0.694. The first-order chi connectivity index (χ1) is 14.5. The lowest BCUT2D eigenvalue weighted by molar-refractivity contribution is -0.123. The summed E-state index contributed by atoms with van der Waals surface area (Å²) in [6, 6.07) is 19.3. The maximum Gasteiger partial charge on any atom is 0.375 e. The second-order valence-corrected chi connectivity index (χ2v) is 6.36. The lowest BCUT2D eigenvalue weighted by atomic mass is 10.3. The zero-order valence-electron chi connectivity index (χ0n) is 16.8. The van der Waals surface area contributed by atoms with Gasteiger partial charge in [-0.25, -0.2) is 4.79 Å². The molecule has 1 aromatic heterocycles. The van der Waals surface area contributed by atoms with Gasteiger partial charge in [-0.3, -0.25) is 4.79 Å². The number of para-hydroxylation sites is 1. The molecule has 0 saturated carbocycles. The van der Waals surface area contributed by atoms with E-state index in [1.807, 2.05) is 37.3 Å². The molecule has 30 heavy (non-hydrogen) atoms. The van der Waals surface area contributed by atoms with Crippen LogP contribution in [0.3, 0.4) is 0 Å². The molecule has 7 heteroatoms. The largest absolute Gasteiger partial charge is 0.494 e. The van der Waals surface area contributed by atoms with Gasteiger partial charge in [-0.15, -0.1) is 0 Å². The lowest BCUT2D eigenvalue weighted by Gasteiger charge is -2.13. The maximum absolute atomic E-state index is 12.3. The van der Waals surface area contributed by atoms with Crippen LogP contribution in [-0.4, -0.2) is 24.6 Å². The molecule has 7 nitrogen and oxygen atoms in total. The molecule has 0 saturated heterocycles. The second kappa shape index (κ2) is 10.2. The van der Waals surface area contributed by atoms with Gasteiger partial charge in [0.1, 0.15) is 23.9 Å². The number of amides is 1. The Hall–Kier alpha value is -3.74. The fourth-order valence-electron chi connectivity index (χ4n) is 2.55. The van der Waals surface area contributed by atoms with Gasteiger partial charge >= 0.3 is 5.97 Å². The molecule has 0 radical (unpaired) electrons. The summed E-state index contributed by atoms with van der Waals surface area (Å²) in [6.45, 7) is 4.12. The number of furan rings is 1. The highest BCUT2D eigenvalue weighted by Gasteiger charge is 2.21. The van der Waals surface area contributed by atoms with Crippen LogP contribution in [-0.2, 0) is 16.1 Å². The minimum Gasteiger partial charge on any atom is -0.494 e. The SMILES string of the molecule is CCOc1ccc(NC(=O)[C@@H](C)OC(=O)c2ccc(COc3ccccc3)o2)cc1. The monoisotopic (exact) mass is 409 g/mol. The van der Waals surface area contributed by atoms with Crippen LogP contribution in [0.15, 0.2) is 71.1 Å². The highest BCUT2D eigenvalue weighted by atomic mass is 16.6. The first-order valence-electron chi connectivity index (χ1n) is 9.56. The van der Waals surface area contributed by atoms with Crippen molar-refractivity contribution in [1.82, 2.24) is 0 Å². The summed E-state index contributed by atoms with van der Waals surface area (Å²) < 4.78 is 21.6. The molecule has 0 bridgehead atoms.